The first-order valence-electron chi connectivity index (χ1n) is 20.8. The van der Waals surface area contributed by atoms with Crippen LogP contribution in [0.3, 0.4) is 0 Å². The number of halogens is 1. The van der Waals surface area contributed by atoms with Gasteiger partial charge in [0.2, 0.25) is 11.8 Å². The fraction of sp³-hybridized carbons (Fsp3) is 0.568. The Balaban J connectivity index is 1.20. The predicted octanol–water partition coefficient (Wildman–Crippen LogP) is 6.96. The highest BCUT2D eigenvalue weighted by Gasteiger charge is 2.61. The summed E-state index contributed by atoms with van der Waals surface area (Å²) in [5.74, 6) is -0.544. The maximum absolute atomic E-state index is 14.7. The van der Waals surface area contributed by atoms with E-state index in [-0.39, 0.29) is 42.2 Å². The highest BCUT2D eigenvalue weighted by Crippen LogP contribution is 2.52. The number of hydrogen-bond acceptors (Lipinski definition) is 11. The molecule has 3 saturated carbocycles. The van der Waals surface area contributed by atoms with Gasteiger partial charge >= 0.3 is 18.2 Å². The van der Waals surface area contributed by atoms with Crippen molar-refractivity contribution in [2.45, 2.75) is 122 Å². The number of benzene rings is 1. The summed E-state index contributed by atoms with van der Waals surface area (Å²) in [4.78, 5) is 78.2. The van der Waals surface area contributed by atoms with Crippen LogP contribution in [0.4, 0.5) is 15.4 Å². The van der Waals surface area contributed by atoms with Crippen molar-refractivity contribution in [3.63, 3.8) is 0 Å². The largest absolute Gasteiger partial charge is 0.495 e. The number of rotatable bonds is 12. The molecule has 17 heteroatoms. The van der Waals surface area contributed by atoms with Crippen LogP contribution in [-0.2, 0) is 23.9 Å². The van der Waals surface area contributed by atoms with Crippen LogP contribution in [0.2, 0.25) is 5.02 Å². The van der Waals surface area contributed by atoms with Gasteiger partial charge in [0, 0.05) is 17.9 Å². The molecule has 0 spiro atoms. The molecule has 0 bridgehead atoms. The third-order valence-electron chi connectivity index (χ3n) is 12.0. The van der Waals surface area contributed by atoms with Gasteiger partial charge in [0.05, 0.1) is 30.6 Å². The summed E-state index contributed by atoms with van der Waals surface area (Å²) in [7, 11) is 1.48. The van der Waals surface area contributed by atoms with Crippen LogP contribution in [0.15, 0.2) is 36.4 Å². The molecule has 3 aliphatic carbocycles. The molecule has 4 amide bonds. The number of carbonyl (C=O) groups is 5. The van der Waals surface area contributed by atoms with Crippen LogP contribution in [0.1, 0.15) is 87.0 Å². The molecule has 0 radical (unpaired) electrons. The van der Waals surface area contributed by atoms with Crippen molar-refractivity contribution in [1.29, 1.82) is 0 Å². The Kier molecular flexibility index (Phi) is 11.8. The lowest BCUT2D eigenvalue weighted by atomic mass is 9.85. The Hall–Kier alpha value is -5.38. The SMILES string of the molecule is CC[C@@H]1C[C@]1(NC(=O)[C@@H]1C[C@@H](Oc2cc(-c3cccc(NC(=O)OC(C)(C)C)n3)nc3c(Cl)c(OC)ccc23)CN1C(=O)[C@@H](NC(=O)O[C@@H]1C[C@@H]2C[C@@H]2C1)C(C)(C)C)C(=O)O. The van der Waals surface area contributed by atoms with Crippen molar-refractivity contribution < 1.29 is 48.0 Å². The highest BCUT2D eigenvalue weighted by atomic mass is 35.5. The number of likely N-dealkylation sites (tertiary alicyclic amines) is 1. The molecule has 0 unspecified atom stereocenters. The van der Waals surface area contributed by atoms with E-state index in [4.69, 9.17) is 35.5 Å². The zero-order valence-corrected chi connectivity index (χ0v) is 36.6. The van der Waals surface area contributed by atoms with Crippen molar-refractivity contribution in [2.75, 3.05) is 19.0 Å². The van der Waals surface area contributed by atoms with Crippen molar-refractivity contribution >= 4 is 58.3 Å². The lowest BCUT2D eigenvalue weighted by Gasteiger charge is -2.35. The number of aromatic nitrogens is 2. The second kappa shape index (κ2) is 16.5. The molecule has 8 atom stereocenters. The van der Waals surface area contributed by atoms with Gasteiger partial charge in [-0.3, -0.25) is 14.9 Å². The number of carboxylic acids is 1. The van der Waals surface area contributed by atoms with Gasteiger partial charge in [-0.2, -0.15) is 0 Å². The summed E-state index contributed by atoms with van der Waals surface area (Å²) in [6.45, 7) is 12.5. The van der Waals surface area contributed by atoms with Crippen molar-refractivity contribution in [1.82, 2.24) is 25.5 Å². The molecule has 61 heavy (non-hydrogen) atoms. The number of aliphatic carboxylic acids is 1. The number of fused-ring (bicyclic) bond motifs is 2. The van der Waals surface area contributed by atoms with E-state index in [0.29, 0.717) is 52.0 Å². The molecule has 2 aromatic heterocycles. The minimum Gasteiger partial charge on any atom is -0.495 e. The summed E-state index contributed by atoms with van der Waals surface area (Å²) in [6, 6.07) is 7.80. The number of carbonyl (C=O) groups excluding carboxylic acids is 4. The average Bonchev–Trinajstić information content (AvgIpc) is 3.99. The minimum absolute atomic E-state index is 0.00714. The Morgan fingerprint density at radius 3 is 2.28 bits per heavy atom. The molecule has 1 aromatic carbocycles. The first kappa shape index (κ1) is 43.7. The molecule has 4 N–H and O–H groups in total. The Morgan fingerprint density at radius 2 is 1.66 bits per heavy atom. The van der Waals surface area contributed by atoms with Crippen molar-refractivity contribution in [3.8, 4) is 22.9 Å². The Morgan fingerprint density at radius 1 is 0.934 bits per heavy atom. The number of amides is 4. The molecule has 1 aliphatic heterocycles. The summed E-state index contributed by atoms with van der Waals surface area (Å²) < 4.78 is 23.4. The maximum Gasteiger partial charge on any atom is 0.413 e. The molecule has 3 aromatic rings. The molecule has 3 heterocycles. The number of alkyl carbamates (subject to hydrolysis) is 1. The van der Waals surface area contributed by atoms with Gasteiger partial charge in [0.25, 0.3) is 0 Å². The number of anilines is 1. The van der Waals surface area contributed by atoms with E-state index in [1.54, 1.807) is 57.2 Å². The summed E-state index contributed by atoms with van der Waals surface area (Å²) >= 11 is 6.84. The van der Waals surface area contributed by atoms with Crippen LogP contribution in [0.25, 0.3) is 22.3 Å². The molecule has 7 rings (SSSR count). The number of nitrogens with one attached hydrogen (secondary N) is 3. The highest BCUT2D eigenvalue weighted by molar-refractivity contribution is 6.36. The van der Waals surface area contributed by atoms with Crippen LogP contribution in [0.5, 0.6) is 11.5 Å². The number of methoxy groups -OCH3 is 1. The van der Waals surface area contributed by atoms with E-state index >= 15 is 0 Å². The van der Waals surface area contributed by atoms with Gasteiger partial charge in [0.15, 0.2) is 0 Å². The molecular weight excluding hydrogens is 808 g/mol. The quantitative estimate of drug-likeness (QED) is 0.146. The van der Waals surface area contributed by atoms with E-state index < -0.39 is 64.7 Å². The van der Waals surface area contributed by atoms with E-state index in [9.17, 15) is 29.1 Å². The number of hydrogen-bond donors (Lipinski definition) is 4. The first-order chi connectivity index (χ1) is 28.7. The van der Waals surface area contributed by atoms with Crippen LogP contribution in [-0.4, -0.2) is 99.0 Å². The van der Waals surface area contributed by atoms with Gasteiger partial charge < -0.3 is 39.6 Å². The van der Waals surface area contributed by atoms with Gasteiger partial charge in [-0.25, -0.2) is 24.4 Å². The van der Waals surface area contributed by atoms with Gasteiger partial charge in [-0.05, 0) is 93.9 Å². The third kappa shape index (κ3) is 9.43. The first-order valence-corrected chi connectivity index (χ1v) is 21.2. The van der Waals surface area contributed by atoms with Crippen molar-refractivity contribution in [3.05, 3.63) is 41.4 Å². The standard InChI is InChI=1S/C44H55ClN6O10/c1-9-24-20-44(24,39(54)55)50-37(52)30-18-26(21-51(30)38(53)36(42(2,3)4)49-40(56)60-25-16-22-15-23(22)17-25)59-32-19-29(47-35-27(32)13-14-31(58-8)34(35)45)28-11-10-12-33(46-28)48-41(57)61-43(5,6)7/h10-14,19,22-26,30,36H,9,15-18,20-21H2,1-8H3,(H,49,56)(H,50,52)(H,54,55)(H,46,48,57)/t22-,23+,24-,25+,26-,30+,36-,44-/m1/s1. The molecular formula is C44H55ClN6O10. The minimum atomic E-state index is -1.45. The number of nitrogens with zero attached hydrogens (tertiary/aromatic N) is 3. The normalized spacial score (nSPS) is 25.8. The molecule has 4 aliphatic rings. The van der Waals surface area contributed by atoms with Gasteiger partial charge in [0.1, 0.15) is 57.8 Å². The second-order valence-electron chi connectivity index (χ2n) is 18.8. The van der Waals surface area contributed by atoms with Crippen molar-refractivity contribution in [2.24, 2.45) is 23.2 Å². The maximum atomic E-state index is 14.7. The predicted molar refractivity (Wildman–Crippen MR) is 225 cm³/mol. The number of ether oxygens (including phenoxy) is 4. The van der Waals surface area contributed by atoms with E-state index in [2.05, 4.69) is 20.9 Å². The zero-order chi connectivity index (χ0) is 44.2. The summed E-state index contributed by atoms with van der Waals surface area (Å²) in [5, 5.41) is 19.1. The fourth-order valence-corrected chi connectivity index (χ4v) is 8.96. The van der Waals surface area contributed by atoms with Crippen LogP contribution in [0, 0.1) is 23.2 Å². The number of carboxylic acid groups (broad SMARTS) is 1. The van der Waals surface area contributed by atoms with Gasteiger partial charge in [-0.1, -0.05) is 51.8 Å². The molecule has 16 nitrogen and oxygen atoms in total. The molecule has 328 valence electrons. The topological polar surface area (TPSA) is 208 Å². The lowest BCUT2D eigenvalue weighted by Crippen LogP contribution is -2.59. The van der Waals surface area contributed by atoms with E-state index in [0.717, 1.165) is 19.3 Å². The smallest absolute Gasteiger partial charge is 0.413 e. The lowest BCUT2D eigenvalue weighted by molar-refractivity contribution is -0.146. The second-order valence-corrected chi connectivity index (χ2v) is 19.2. The summed E-state index contributed by atoms with van der Waals surface area (Å²) in [5.41, 5.74) is -2.00. The molecule has 4 fully saturated rings. The third-order valence-corrected chi connectivity index (χ3v) is 12.4. The van der Waals surface area contributed by atoms with Gasteiger partial charge in [-0.15, -0.1) is 0 Å². The summed E-state index contributed by atoms with van der Waals surface area (Å²) in [6.07, 6.45) is 1.16. The van der Waals surface area contributed by atoms with Crippen LogP contribution < -0.4 is 25.4 Å². The Bertz CT molecular complexity index is 2230. The fourth-order valence-electron chi connectivity index (χ4n) is 8.67. The van der Waals surface area contributed by atoms with E-state index in [1.165, 1.54) is 12.0 Å². The monoisotopic (exact) mass is 862 g/mol. The number of pyridine rings is 2. The average molecular weight is 863 g/mol. The Labute approximate surface area is 359 Å². The van der Waals surface area contributed by atoms with Crippen LogP contribution >= 0.6 is 11.6 Å². The zero-order valence-electron chi connectivity index (χ0n) is 35.8. The van der Waals surface area contributed by atoms with E-state index in [1.807, 2.05) is 27.7 Å². The molecule has 1 saturated heterocycles.